The van der Waals surface area contributed by atoms with E-state index in [0.29, 0.717) is 13.0 Å². The van der Waals surface area contributed by atoms with Gasteiger partial charge in [0.15, 0.2) is 0 Å². The molecular formula is C18H18F3NO2. The van der Waals surface area contributed by atoms with E-state index in [2.05, 4.69) is 4.74 Å². The van der Waals surface area contributed by atoms with Gasteiger partial charge in [-0.25, -0.2) is 4.39 Å². The average Bonchev–Trinajstić information content (AvgIpc) is 2.53. The van der Waals surface area contributed by atoms with Crippen molar-refractivity contribution < 1.29 is 22.7 Å². The van der Waals surface area contributed by atoms with Crippen LogP contribution in [0.3, 0.4) is 0 Å². The molecule has 0 aliphatic carbocycles. The molecule has 0 saturated carbocycles. The first-order valence-electron chi connectivity index (χ1n) is 7.46. The molecule has 0 atom stereocenters. The number of hydrogen-bond acceptors (Lipinski definition) is 2. The normalized spacial score (nSPS) is 10.7. The van der Waals surface area contributed by atoms with Crippen molar-refractivity contribution >= 4 is 5.91 Å². The van der Waals surface area contributed by atoms with Crippen LogP contribution in [0.5, 0.6) is 5.75 Å². The highest BCUT2D eigenvalue weighted by Crippen LogP contribution is 2.16. The Morgan fingerprint density at radius 1 is 1.12 bits per heavy atom. The summed E-state index contributed by atoms with van der Waals surface area (Å²) in [5.41, 5.74) is 1.57. The first-order chi connectivity index (χ1) is 11.4. The van der Waals surface area contributed by atoms with Crippen LogP contribution in [0.25, 0.3) is 0 Å². The predicted octanol–water partition coefficient (Wildman–Crippen LogP) is 4.02. The van der Waals surface area contributed by atoms with Crippen molar-refractivity contribution in [3.05, 3.63) is 65.5 Å². The highest BCUT2D eigenvalue weighted by molar-refractivity contribution is 5.76. The van der Waals surface area contributed by atoms with Crippen LogP contribution in [0.15, 0.2) is 48.5 Å². The van der Waals surface area contributed by atoms with Gasteiger partial charge in [-0.2, -0.15) is 8.78 Å². The van der Waals surface area contributed by atoms with E-state index in [1.165, 1.54) is 29.2 Å². The quantitative estimate of drug-likeness (QED) is 0.764. The molecule has 2 aromatic carbocycles. The SMILES string of the molecule is CN(Cc1cccc(F)c1)C(=O)CCc1ccc(OC(F)F)cc1. The molecular weight excluding hydrogens is 319 g/mol. The molecule has 2 rings (SSSR count). The summed E-state index contributed by atoms with van der Waals surface area (Å²) in [6, 6.07) is 12.3. The number of halogens is 3. The van der Waals surface area contributed by atoms with Crippen molar-refractivity contribution in [3.8, 4) is 5.75 Å². The van der Waals surface area contributed by atoms with Gasteiger partial charge >= 0.3 is 6.61 Å². The fourth-order valence-electron chi connectivity index (χ4n) is 2.28. The average molecular weight is 337 g/mol. The first-order valence-corrected chi connectivity index (χ1v) is 7.46. The Bertz CT molecular complexity index is 674. The number of amides is 1. The van der Waals surface area contributed by atoms with E-state index < -0.39 is 6.61 Å². The molecule has 0 aliphatic rings. The number of carbonyl (C=O) groups excluding carboxylic acids is 1. The molecule has 1 amide bonds. The summed E-state index contributed by atoms with van der Waals surface area (Å²) in [4.78, 5) is 13.7. The molecule has 128 valence electrons. The molecule has 0 aliphatic heterocycles. The Morgan fingerprint density at radius 3 is 2.46 bits per heavy atom. The molecule has 2 aromatic rings. The van der Waals surface area contributed by atoms with Gasteiger partial charge in [0.25, 0.3) is 0 Å². The summed E-state index contributed by atoms with van der Waals surface area (Å²) >= 11 is 0. The lowest BCUT2D eigenvalue weighted by Crippen LogP contribution is -2.26. The number of hydrogen-bond donors (Lipinski definition) is 0. The minimum Gasteiger partial charge on any atom is -0.435 e. The Morgan fingerprint density at radius 2 is 1.83 bits per heavy atom. The van der Waals surface area contributed by atoms with Gasteiger partial charge in [0.2, 0.25) is 5.91 Å². The van der Waals surface area contributed by atoms with Crippen LogP contribution < -0.4 is 4.74 Å². The van der Waals surface area contributed by atoms with Crippen LogP contribution in [0.1, 0.15) is 17.5 Å². The second-order valence-electron chi connectivity index (χ2n) is 5.40. The van der Waals surface area contributed by atoms with Crippen LogP contribution in [0.2, 0.25) is 0 Å². The third kappa shape index (κ3) is 5.61. The number of alkyl halides is 2. The van der Waals surface area contributed by atoms with Gasteiger partial charge in [0, 0.05) is 20.0 Å². The molecule has 0 fully saturated rings. The maximum Gasteiger partial charge on any atom is 0.387 e. The Hall–Kier alpha value is -2.50. The molecule has 0 spiro atoms. The highest BCUT2D eigenvalue weighted by Gasteiger charge is 2.10. The zero-order valence-corrected chi connectivity index (χ0v) is 13.2. The zero-order valence-electron chi connectivity index (χ0n) is 13.2. The number of benzene rings is 2. The van der Waals surface area contributed by atoms with Crippen molar-refractivity contribution in [2.45, 2.75) is 26.0 Å². The molecule has 0 aromatic heterocycles. The van der Waals surface area contributed by atoms with E-state index in [9.17, 15) is 18.0 Å². The lowest BCUT2D eigenvalue weighted by atomic mass is 10.1. The fraction of sp³-hybridized carbons (Fsp3) is 0.278. The summed E-state index contributed by atoms with van der Waals surface area (Å²) in [5, 5.41) is 0. The van der Waals surface area contributed by atoms with Crippen LogP contribution in [0.4, 0.5) is 13.2 Å². The molecule has 0 bridgehead atoms. The number of carbonyl (C=O) groups is 1. The second kappa shape index (κ2) is 8.38. The number of aryl methyl sites for hydroxylation is 1. The van der Waals surface area contributed by atoms with Gasteiger partial charge in [-0.05, 0) is 41.8 Å². The third-order valence-electron chi connectivity index (χ3n) is 3.51. The molecule has 0 unspecified atom stereocenters. The predicted molar refractivity (Wildman–Crippen MR) is 84.3 cm³/mol. The molecule has 0 N–H and O–H groups in total. The van der Waals surface area contributed by atoms with E-state index in [1.54, 1.807) is 31.3 Å². The largest absolute Gasteiger partial charge is 0.435 e. The Labute approximate surface area is 138 Å². The highest BCUT2D eigenvalue weighted by atomic mass is 19.3. The van der Waals surface area contributed by atoms with Gasteiger partial charge in [-0.15, -0.1) is 0 Å². The number of ether oxygens (including phenoxy) is 1. The Balaban J connectivity index is 1.83. The molecule has 0 heterocycles. The second-order valence-corrected chi connectivity index (χ2v) is 5.40. The van der Waals surface area contributed by atoms with Gasteiger partial charge in [-0.3, -0.25) is 4.79 Å². The summed E-state index contributed by atoms with van der Waals surface area (Å²) in [7, 11) is 1.66. The van der Waals surface area contributed by atoms with Crippen LogP contribution in [-0.4, -0.2) is 24.5 Å². The first kappa shape index (κ1) is 17.8. The molecule has 24 heavy (non-hydrogen) atoms. The van der Waals surface area contributed by atoms with E-state index >= 15 is 0 Å². The van der Waals surface area contributed by atoms with Crippen molar-refractivity contribution in [2.75, 3.05) is 7.05 Å². The van der Waals surface area contributed by atoms with Gasteiger partial charge in [-0.1, -0.05) is 24.3 Å². The van der Waals surface area contributed by atoms with Crippen LogP contribution in [0, 0.1) is 5.82 Å². The molecule has 3 nitrogen and oxygen atoms in total. The van der Waals surface area contributed by atoms with Crippen molar-refractivity contribution in [1.82, 2.24) is 4.90 Å². The lowest BCUT2D eigenvalue weighted by Gasteiger charge is -2.17. The van der Waals surface area contributed by atoms with Crippen LogP contribution >= 0.6 is 0 Å². The van der Waals surface area contributed by atoms with Crippen molar-refractivity contribution in [1.29, 1.82) is 0 Å². The molecule has 0 radical (unpaired) electrons. The summed E-state index contributed by atoms with van der Waals surface area (Å²) in [6.07, 6.45) is 0.766. The zero-order chi connectivity index (χ0) is 17.5. The summed E-state index contributed by atoms with van der Waals surface area (Å²) in [6.45, 7) is -2.52. The van der Waals surface area contributed by atoms with E-state index in [0.717, 1.165) is 11.1 Å². The third-order valence-corrected chi connectivity index (χ3v) is 3.51. The van der Waals surface area contributed by atoms with Gasteiger partial charge < -0.3 is 9.64 Å². The Kier molecular flexibility index (Phi) is 6.23. The monoisotopic (exact) mass is 337 g/mol. The summed E-state index contributed by atoms with van der Waals surface area (Å²) in [5.74, 6) is -0.324. The van der Waals surface area contributed by atoms with Gasteiger partial charge in [0.05, 0.1) is 0 Å². The van der Waals surface area contributed by atoms with Crippen LogP contribution in [-0.2, 0) is 17.8 Å². The van der Waals surface area contributed by atoms with Crippen molar-refractivity contribution in [3.63, 3.8) is 0 Å². The smallest absolute Gasteiger partial charge is 0.387 e. The lowest BCUT2D eigenvalue weighted by molar-refractivity contribution is -0.130. The minimum atomic E-state index is -2.85. The maximum atomic E-state index is 13.1. The van der Waals surface area contributed by atoms with E-state index in [1.807, 2.05) is 0 Å². The van der Waals surface area contributed by atoms with E-state index in [4.69, 9.17) is 0 Å². The molecule has 6 heteroatoms. The van der Waals surface area contributed by atoms with Gasteiger partial charge in [0.1, 0.15) is 11.6 Å². The van der Waals surface area contributed by atoms with Crippen molar-refractivity contribution in [2.24, 2.45) is 0 Å². The van der Waals surface area contributed by atoms with E-state index in [-0.39, 0.29) is 23.9 Å². The topological polar surface area (TPSA) is 29.5 Å². The molecule has 0 saturated heterocycles. The number of rotatable bonds is 7. The maximum absolute atomic E-state index is 13.1. The number of nitrogens with zero attached hydrogens (tertiary/aromatic N) is 1. The minimum absolute atomic E-state index is 0.0767. The fourth-order valence-corrected chi connectivity index (χ4v) is 2.28. The standard InChI is InChI=1S/C18H18F3NO2/c1-22(12-14-3-2-4-15(19)11-14)17(23)10-7-13-5-8-16(9-6-13)24-18(20)21/h2-6,8-9,11,18H,7,10,12H2,1H3. The summed E-state index contributed by atoms with van der Waals surface area (Å²) < 4.78 is 41.6.